The first kappa shape index (κ1) is 19.1. The van der Waals surface area contributed by atoms with E-state index in [0.29, 0.717) is 0 Å². The molecule has 9 heteroatoms. The number of hydrogen-bond donors (Lipinski definition) is 3. The van der Waals surface area contributed by atoms with Crippen LogP contribution < -0.4 is 10.0 Å². The predicted octanol–water partition coefficient (Wildman–Crippen LogP) is 0.802. The quantitative estimate of drug-likeness (QED) is 0.629. The van der Waals surface area contributed by atoms with Crippen LogP contribution in [0.5, 0.6) is 0 Å². The van der Waals surface area contributed by atoms with Crippen molar-refractivity contribution in [1.29, 1.82) is 0 Å². The fraction of sp³-hybridized carbons (Fsp3) is 0.429. The molecule has 0 fully saturated rings. The minimum atomic E-state index is -3.63. The van der Waals surface area contributed by atoms with Crippen molar-refractivity contribution in [2.45, 2.75) is 37.3 Å². The van der Waals surface area contributed by atoms with Gasteiger partial charge in [0.15, 0.2) is 0 Å². The molecule has 1 aromatic carbocycles. The maximum atomic E-state index is 12.0. The zero-order valence-electron chi connectivity index (χ0n) is 13.3. The molecule has 0 aromatic heterocycles. The van der Waals surface area contributed by atoms with Crippen molar-refractivity contribution in [1.82, 2.24) is 4.72 Å². The summed E-state index contributed by atoms with van der Waals surface area (Å²) in [6.07, 6.45) is 0. The summed E-state index contributed by atoms with van der Waals surface area (Å²) < 4.78 is 31.1. The normalized spacial score (nSPS) is 14.3. The van der Waals surface area contributed by atoms with Gasteiger partial charge in [-0.15, -0.1) is 0 Å². The lowest BCUT2D eigenvalue weighted by molar-refractivity contribution is -0.165. The van der Waals surface area contributed by atoms with Crippen molar-refractivity contribution in [2.24, 2.45) is 0 Å². The second kappa shape index (κ2) is 7.07. The largest absolute Gasteiger partial charge is 0.479 e. The van der Waals surface area contributed by atoms with Gasteiger partial charge in [0.05, 0.1) is 4.90 Å². The Labute approximate surface area is 134 Å². The number of anilines is 1. The molecule has 0 radical (unpaired) electrons. The van der Waals surface area contributed by atoms with Crippen molar-refractivity contribution in [3.8, 4) is 0 Å². The number of ether oxygens (including phenoxy) is 1. The molecule has 1 unspecified atom stereocenters. The minimum absolute atomic E-state index is 0.0388. The van der Waals surface area contributed by atoms with E-state index in [4.69, 9.17) is 9.84 Å². The van der Waals surface area contributed by atoms with E-state index in [1.54, 1.807) is 13.8 Å². The zero-order valence-corrected chi connectivity index (χ0v) is 14.1. The van der Waals surface area contributed by atoms with Gasteiger partial charge in [-0.05, 0) is 45.0 Å². The summed E-state index contributed by atoms with van der Waals surface area (Å²) in [5.41, 5.74) is -1.78. The third-order valence-electron chi connectivity index (χ3n) is 3.06. The lowest BCUT2D eigenvalue weighted by Gasteiger charge is -2.21. The van der Waals surface area contributed by atoms with Crippen molar-refractivity contribution < 1.29 is 27.9 Å². The molecule has 0 bridgehead atoms. The highest BCUT2D eigenvalue weighted by Gasteiger charge is 2.41. The van der Waals surface area contributed by atoms with Gasteiger partial charge in [-0.3, -0.25) is 4.79 Å². The number of carboxylic acids is 1. The van der Waals surface area contributed by atoms with Crippen molar-refractivity contribution in [2.75, 3.05) is 12.4 Å². The Bertz CT molecular complexity index is 684. The van der Waals surface area contributed by atoms with Gasteiger partial charge >= 0.3 is 5.97 Å². The molecule has 0 heterocycles. The number of benzene rings is 1. The fourth-order valence-electron chi connectivity index (χ4n) is 1.62. The highest BCUT2D eigenvalue weighted by atomic mass is 32.2. The lowest BCUT2D eigenvalue weighted by Crippen LogP contribution is -2.48. The Morgan fingerprint density at radius 1 is 1.22 bits per heavy atom. The molecule has 1 rings (SSSR count). The van der Waals surface area contributed by atoms with Crippen molar-refractivity contribution in [3.63, 3.8) is 0 Å². The van der Waals surface area contributed by atoms with E-state index in [-0.39, 0.29) is 16.6 Å². The van der Waals surface area contributed by atoms with Crippen LogP contribution in [0.15, 0.2) is 29.2 Å². The minimum Gasteiger partial charge on any atom is -0.479 e. The molecule has 128 valence electrons. The fourth-order valence-corrected chi connectivity index (χ4v) is 2.87. The summed E-state index contributed by atoms with van der Waals surface area (Å²) in [6.45, 7) is 4.52. The average molecular weight is 344 g/mol. The number of nitrogens with one attached hydrogen (secondary N) is 2. The Morgan fingerprint density at radius 2 is 1.74 bits per heavy atom. The molecular weight excluding hydrogens is 324 g/mol. The monoisotopic (exact) mass is 344 g/mol. The van der Waals surface area contributed by atoms with Gasteiger partial charge in [0, 0.05) is 18.8 Å². The highest BCUT2D eigenvalue weighted by molar-refractivity contribution is 7.89. The summed E-state index contributed by atoms with van der Waals surface area (Å²) in [5.74, 6) is -2.30. The maximum Gasteiger partial charge on any atom is 0.345 e. The topological polar surface area (TPSA) is 122 Å². The third-order valence-corrected chi connectivity index (χ3v) is 4.74. The number of aliphatic carboxylic acids is 1. The third kappa shape index (κ3) is 4.50. The zero-order chi connectivity index (χ0) is 17.8. The first-order chi connectivity index (χ1) is 10.5. The molecule has 3 N–H and O–H groups in total. The Balaban J connectivity index is 2.94. The van der Waals surface area contributed by atoms with E-state index in [1.165, 1.54) is 24.3 Å². The molecular formula is C14H20N2O6S. The van der Waals surface area contributed by atoms with Crippen LogP contribution in [0.4, 0.5) is 5.69 Å². The summed E-state index contributed by atoms with van der Waals surface area (Å²) in [6, 6.07) is 5.10. The standard InChI is InChI=1S/C14H20N2O6S/c1-9(2)16-23(20,21)11-7-5-10(6-8-11)15-12(17)14(3,22-4)13(18)19/h5-9,16H,1-4H3,(H,15,17)(H,18,19). The van der Waals surface area contributed by atoms with E-state index in [2.05, 4.69) is 10.0 Å². The van der Waals surface area contributed by atoms with Gasteiger partial charge in [0.1, 0.15) is 0 Å². The molecule has 8 nitrogen and oxygen atoms in total. The van der Waals surface area contributed by atoms with Gasteiger partial charge < -0.3 is 15.2 Å². The van der Waals surface area contributed by atoms with Crippen LogP contribution in [-0.2, 0) is 24.3 Å². The van der Waals surface area contributed by atoms with Gasteiger partial charge in [0.25, 0.3) is 5.91 Å². The number of carbonyl (C=O) groups is 2. The summed E-state index contributed by atoms with van der Waals surface area (Å²) in [4.78, 5) is 23.1. The Hall–Kier alpha value is -1.97. The average Bonchev–Trinajstić information content (AvgIpc) is 2.45. The number of carbonyl (C=O) groups excluding carboxylic acids is 1. The van der Waals surface area contributed by atoms with Crippen LogP contribution in [0.2, 0.25) is 0 Å². The number of rotatable bonds is 7. The Morgan fingerprint density at radius 3 is 2.13 bits per heavy atom. The molecule has 1 amide bonds. The molecule has 0 aliphatic rings. The highest BCUT2D eigenvalue weighted by Crippen LogP contribution is 2.17. The number of carboxylic acid groups (broad SMARTS) is 1. The van der Waals surface area contributed by atoms with E-state index in [0.717, 1.165) is 14.0 Å². The maximum absolute atomic E-state index is 12.0. The van der Waals surface area contributed by atoms with E-state index in [9.17, 15) is 18.0 Å². The lowest BCUT2D eigenvalue weighted by atomic mass is 10.1. The summed E-state index contributed by atoms with van der Waals surface area (Å²) in [7, 11) is -2.52. The summed E-state index contributed by atoms with van der Waals surface area (Å²) in [5, 5.41) is 11.4. The number of amides is 1. The van der Waals surface area contributed by atoms with Crippen LogP contribution >= 0.6 is 0 Å². The Kier molecular flexibility index (Phi) is 5.86. The first-order valence-corrected chi connectivity index (χ1v) is 8.23. The molecule has 0 spiro atoms. The second-order valence-electron chi connectivity index (χ2n) is 5.30. The van der Waals surface area contributed by atoms with Gasteiger partial charge in [-0.25, -0.2) is 17.9 Å². The molecule has 0 aliphatic heterocycles. The van der Waals surface area contributed by atoms with Crippen LogP contribution in [0.3, 0.4) is 0 Å². The van der Waals surface area contributed by atoms with Crippen molar-refractivity contribution in [3.05, 3.63) is 24.3 Å². The van der Waals surface area contributed by atoms with E-state index >= 15 is 0 Å². The predicted molar refractivity (Wildman–Crippen MR) is 83.6 cm³/mol. The van der Waals surface area contributed by atoms with Crippen LogP contribution in [0.25, 0.3) is 0 Å². The molecule has 0 saturated heterocycles. The molecule has 1 aromatic rings. The molecule has 0 aliphatic carbocycles. The second-order valence-corrected chi connectivity index (χ2v) is 7.01. The van der Waals surface area contributed by atoms with Gasteiger partial charge in [-0.1, -0.05) is 0 Å². The SMILES string of the molecule is COC(C)(C(=O)O)C(=O)Nc1ccc(S(=O)(=O)NC(C)C)cc1. The smallest absolute Gasteiger partial charge is 0.345 e. The van der Waals surface area contributed by atoms with Gasteiger partial charge in [-0.2, -0.15) is 0 Å². The van der Waals surface area contributed by atoms with E-state index in [1.807, 2.05) is 0 Å². The number of sulfonamides is 1. The first-order valence-electron chi connectivity index (χ1n) is 6.75. The van der Waals surface area contributed by atoms with Crippen LogP contribution in [0, 0.1) is 0 Å². The number of hydrogen-bond acceptors (Lipinski definition) is 5. The van der Waals surface area contributed by atoms with E-state index < -0.39 is 27.5 Å². The van der Waals surface area contributed by atoms with Gasteiger partial charge in [0.2, 0.25) is 15.6 Å². The van der Waals surface area contributed by atoms with Crippen LogP contribution in [-0.4, -0.2) is 44.2 Å². The van der Waals surface area contributed by atoms with Crippen molar-refractivity contribution >= 4 is 27.6 Å². The number of methoxy groups -OCH3 is 1. The van der Waals surface area contributed by atoms with Crippen LogP contribution in [0.1, 0.15) is 20.8 Å². The molecule has 23 heavy (non-hydrogen) atoms. The molecule has 1 atom stereocenters. The molecule has 0 saturated carbocycles. The summed E-state index contributed by atoms with van der Waals surface area (Å²) >= 11 is 0.